The standard InChI is InChI=1S/C19H22N6/c1-13(2)16-6-4-5-14(3)18(16)24-19-23-17(12-22-25-19)21-11-15-7-9-20-10-8-15/h4-10,12-13H,11H2,1-3H3,(H2,21,23,24,25). The van der Waals surface area contributed by atoms with Gasteiger partial charge in [0.1, 0.15) is 0 Å². The fourth-order valence-electron chi connectivity index (χ4n) is 2.59. The summed E-state index contributed by atoms with van der Waals surface area (Å²) < 4.78 is 0. The van der Waals surface area contributed by atoms with Crippen LogP contribution >= 0.6 is 0 Å². The molecular formula is C19H22N6. The van der Waals surface area contributed by atoms with Gasteiger partial charge in [0.15, 0.2) is 5.82 Å². The fraction of sp³-hybridized carbons (Fsp3) is 0.263. The summed E-state index contributed by atoms with van der Waals surface area (Å²) in [7, 11) is 0. The van der Waals surface area contributed by atoms with Crippen molar-refractivity contribution in [2.75, 3.05) is 10.6 Å². The Morgan fingerprint density at radius 3 is 2.64 bits per heavy atom. The molecule has 1 aromatic carbocycles. The number of hydrogen-bond donors (Lipinski definition) is 2. The first kappa shape index (κ1) is 16.8. The predicted octanol–water partition coefficient (Wildman–Crippen LogP) is 4.05. The Morgan fingerprint density at radius 2 is 1.88 bits per heavy atom. The van der Waals surface area contributed by atoms with Crippen LogP contribution in [0.4, 0.5) is 17.5 Å². The first-order valence-electron chi connectivity index (χ1n) is 8.32. The number of anilines is 3. The maximum Gasteiger partial charge on any atom is 0.249 e. The second kappa shape index (κ2) is 7.70. The van der Waals surface area contributed by atoms with Gasteiger partial charge in [0.2, 0.25) is 5.95 Å². The lowest BCUT2D eigenvalue weighted by Gasteiger charge is -2.16. The number of nitrogens with zero attached hydrogens (tertiary/aromatic N) is 4. The van der Waals surface area contributed by atoms with E-state index >= 15 is 0 Å². The maximum absolute atomic E-state index is 4.51. The highest BCUT2D eigenvalue weighted by Gasteiger charge is 2.11. The Hall–Kier alpha value is -3.02. The van der Waals surface area contributed by atoms with E-state index < -0.39 is 0 Å². The highest BCUT2D eigenvalue weighted by molar-refractivity contribution is 5.64. The molecule has 2 aromatic heterocycles. The normalized spacial score (nSPS) is 10.7. The fourth-order valence-corrected chi connectivity index (χ4v) is 2.59. The van der Waals surface area contributed by atoms with Crippen molar-refractivity contribution >= 4 is 17.5 Å². The average molecular weight is 334 g/mol. The smallest absolute Gasteiger partial charge is 0.249 e. The molecule has 3 rings (SSSR count). The molecule has 0 saturated carbocycles. The molecule has 0 atom stereocenters. The number of para-hydroxylation sites is 1. The number of nitrogens with one attached hydrogen (secondary N) is 2. The van der Waals surface area contributed by atoms with Crippen molar-refractivity contribution in [2.45, 2.75) is 33.2 Å². The molecule has 0 bridgehead atoms. The van der Waals surface area contributed by atoms with Crippen molar-refractivity contribution in [1.29, 1.82) is 0 Å². The molecule has 0 aliphatic heterocycles. The minimum Gasteiger partial charge on any atom is -0.365 e. The number of aryl methyl sites for hydroxylation is 1. The SMILES string of the molecule is Cc1cccc(C(C)C)c1Nc1nncc(NCc2ccncc2)n1. The van der Waals surface area contributed by atoms with Crippen LogP contribution in [0.15, 0.2) is 48.9 Å². The van der Waals surface area contributed by atoms with Gasteiger partial charge in [-0.25, -0.2) is 0 Å². The molecule has 0 amide bonds. The first-order valence-corrected chi connectivity index (χ1v) is 8.32. The number of benzene rings is 1. The van der Waals surface area contributed by atoms with Crippen LogP contribution in [0.2, 0.25) is 0 Å². The zero-order valence-corrected chi connectivity index (χ0v) is 14.7. The monoisotopic (exact) mass is 334 g/mol. The molecule has 2 heterocycles. The Kier molecular flexibility index (Phi) is 5.18. The number of pyridine rings is 1. The van der Waals surface area contributed by atoms with Gasteiger partial charge < -0.3 is 10.6 Å². The summed E-state index contributed by atoms with van der Waals surface area (Å²) in [6.07, 6.45) is 5.16. The molecule has 0 saturated heterocycles. The Labute approximate surface area is 147 Å². The van der Waals surface area contributed by atoms with Gasteiger partial charge in [0.25, 0.3) is 0 Å². The number of rotatable bonds is 6. The van der Waals surface area contributed by atoms with E-state index in [9.17, 15) is 0 Å². The average Bonchev–Trinajstić information content (AvgIpc) is 2.63. The summed E-state index contributed by atoms with van der Waals surface area (Å²) in [5.41, 5.74) is 4.57. The van der Waals surface area contributed by atoms with Crippen molar-refractivity contribution in [3.63, 3.8) is 0 Å². The highest BCUT2D eigenvalue weighted by Crippen LogP contribution is 2.29. The van der Waals surface area contributed by atoms with Gasteiger partial charge in [0, 0.05) is 24.6 Å². The summed E-state index contributed by atoms with van der Waals surface area (Å²) in [6, 6.07) is 10.2. The third-order valence-corrected chi connectivity index (χ3v) is 3.95. The molecule has 0 spiro atoms. The van der Waals surface area contributed by atoms with Crippen LogP contribution in [0.25, 0.3) is 0 Å². The zero-order valence-electron chi connectivity index (χ0n) is 14.7. The quantitative estimate of drug-likeness (QED) is 0.708. The van der Waals surface area contributed by atoms with E-state index in [0.29, 0.717) is 24.2 Å². The van der Waals surface area contributed by atoms with E-state index in [-0.39, 0.29) is 0 Å². The summed E-state index contributed by atoms with van der Waals surface area (Å²) in [6.45, 7) is 7.08. The first-order chi connectivity index (χ1) is 12.1. The van der Waals surface area contributed by atoms with Crippen molar-refractivity contribution in [3.05, 3.63) is 65.6 Å². The van der Waals surface area contributed by atoms with Crippen LogP contribution < -0.4 is 10.6 Å². The van der Waals surface area contributed by atoms with Crippen LogP contribution in [0.3, 0.4) is 0 Å². The van der Waals surface area contributed by atoms with E-state index in [1.807, 2.05) is 12.1 Å². The minimum absolute atomic E-state index is 0.406. The number of hydrogen-bond acceptors (Lipinski definition) is 6. The molecule has 0 fully saturated rings. The van der Waals surface area contributed by atoms with Crippen molar-refractivity contribution in [2.24, 2.45) is 0 Å². The van der Waals surface area contributed by atoms with E-state index in [1.165, 1.54) is 5.56 Å². The highest BCUT2D eigenvalue weighted by atomic mass is 15.3. The third kappa shape index (κ3) is 4.29. The van der Waals surface area contributed by atoms with Gasteiger partial charge in [0.05, 0.1) is 6.20 Å². The molecular weight excluding hydrogens is 312 g/mol. The van der Waals surface area contributed by atoms with Crippen molar-refractivity contribution < 1.29 is 0 Å². The summed E-state index contributed by atoms with van der Waals surface area (Å²) in [5.74, 6) is 1.56. The van der Waals surface area contributed by atoms with E-state index in [1.54, 1.807) is 18.6 Å². The Balaban J connectivity index is 1.76. The summed E-state index contributed by atoms with van der Waals surface area (Å²) in [5, 5.41) is 14.7. The molecule has 0 aliphatic carbocycles. The summed E-state index contributed by atoms with van der Waals surface area (Å²) in [4.78, 5) is 8.53. The van der Waals surface area contributed by atoms with Crippen LogP contribution in [0, 0.1) is 6.92 Å². The topological polar surface area (TPSA) is 75.6 Å². The van der Waals surface area contributed by atoms with Crippen LogP contribution in [-0.2, 0) is 6.54 Å². The number of aromatic nitrogens is 4. The van der Waals surface area contributed by atoms with Gasteiger partial charge in [-0.15, -0.1) is 5.10 Å². The lowest BCUT2D eigenvalue weighted by Crippen LogP contribution is -2.07. The van der Waals surface area contributed by atoms with E-state index in [4.69, 9.17) is 0 Å². The largest absolute Gasteiger partial charge is 0.365 e. The van der Waals surface area contributed by atoms with Gasteiger partial charge >= 0.3 is 0 Å². The second-order valence-corrected chi connectivity index (χ2v) is 6.19. The Bertz CT molecular complexity index is 832. The molecule has 6 heteroatoms. The van der Waals surface area contributed by atoms with Crippen molar-refractivity contribution in [1.82, 2.24) is 20.2 Å². The van der Waals surface area contributed by atoms with Crippen LogP contribution in [0.5, 0.6) is 0 Å². The molecule has 6 nitrogen and oxygen atoms in total. The Morgan fingerprint density at radius 1 is 1.08 bits per heavy atom. The predicted molar refractivity (Wildman–Crippen MR) is 99.9 cm³/mol. The molecule has 25 heavy (non-hydrogen) atoms. The molecule has 128 valence electrons. The van der Waals surface area contributed by atoms with Gasteiger partial charge in [-0.3, -0.25) is 4.98 Å². The lowest BCUT2D eigenvalue weighted by molar-refractivity contribution is 0.865. The minimum atomic E-state index is 0.406. The van der Waals surface area contributed by atoms with E-state index in [0.717, 1.165) is 16.8 Å². The third-order valence-electron chi connectivity index (χ3n) is 3.95. The van der Waals surface area contributed by atoms with Crippen LogP contribution in [0.1, 0.15) is 36.5 Å². The van der Waals surface area contributed by atoms with Gasteiger partial charge in [-0.1, -0.05) is 32.0 Å². The summed E-state index contributed by atoms with van der Waals surface area (Å²) >= 11 is 0. The molecule has 0 aliphatic rings. The lowest BCUT2D eigenvalue weighted by atomic mass is 9.98. The van der Waals surface area contributed by atoms with Crippen LogP contribution in [-0.4, -0.2) is 20.2 Å². The van der Waals surface area contributed by atoms with E-state index in [2.05, 4.69) is 69.8 Å². The second-order valence-electron chi connectivity index (χ2n) is 6.19. The molecule has 0 radical (unpaired) electrons. The van der Waals surface area contributed by atoms with Crippen molar-refractivity contribution in [3.8, 4) is 0 Å². The van der Waals surface area contributed by atoms with Gasteiger partial charge in [-0.05, 0) is 41.7 Å². The molecule has 2 N–H and O–H groups in total. The maximum atomic E-state index is 4.51. The van der Waals surface area contributed by atoms with Gasteiger partial charge in [-0.2, -0.15) is 10.1 Å². The zero-order chi connectivity index (χ0) is 17.6. The molecule has 0 unspecified atom stereocenters. The molecule has 3 aromatic rings.